The number of benzene rings is 2. The molecule has 0 aliphatic heterocycles. The van der Waals surface area contributed by atoms with Crippen LogP contribution in [0.5, 0.6) is 0 Å². The van der Waals surface area contributed by atoms with E-state index in [-0.39, 0.29) is 11.3 Å². The molecular weight excluding hydrogens is 270 g/mol. The van der Waals surface area contributed by atoms with Crippen molar-refractivity contribution in [3.05, 3.63) is 69.8 Å². The van der Waals surface area contributed by atoms with Crippen LogP contribution in [0.25, 0.3) is 0 Å². The highest BCUT2D eigenvalue weighted by Crippen LogP contribution is 2.22. The number of carbonyl (C=O) groups excluding carboxylic acids is 1. The Hall–Kier alpha value is -2.83. The molecule has 0 fully saturated rings. The highest BCUT2D eigenvalue weighted by Gasteiger charge is 2.15. The van der Waals surface area contributed by atoms with E-state index in [1.807, 2.05) is 0 Å². The molecular formula is C13H8F2N2O3. The zero-order chi connectivity index (χ0) is 14.7. The number of halogens is 2. The number of anilines is 1. The van der Waals surface area contributed by atoms with Gasteiger partial charge in [-0.2, -0.15) is 4.39 Å². The lowest BCUT2D eigenvalue weighted by Crippen LogP contribution is -2.12. The van der Waals surface area contributed by atoms with Crippen molar-refractivity contribution in [3.63, 3.8) is 0 Å². The number of nitro benzene ring substituents is 1. The van der Waals surface area contributed by atoms with Crippen LogP contribution in [0, 0.1) is 21.7 Å². The summed E-state index contributed by atoms with van der Waals surface area (Å²) in [5.74, 6) is -2.06. The highest BCUT2D eigenvalue weighted by atomic mass is 19.1. The molecule has 0 atom stereocenters. The normalized spacial score (nSPS) is 10.1. The van der Waals surface area contributed by atoms with Crippen molar-refractivity contribution in [2.75, 3.05) is 5.32 Å². The Morgan fingerprint density at radius 1 is 1.10 bits per heavy atom. The Kier molecular flexibility index (Phi) is 3.69. The van der Waals surface area contributed by atoms with Crippen molar-refractivity contribution in [1.29, 1.82) is 0 Å². The Morgan fingerprint density at radius 2 is 1.75 bits per heavy atom. The first kappa shape index (κ1) is 13.6. The maximum atomic E-state index is 13.1. The average Bonchev–Trinajstić information content (AvgIpc) is 2.41. The molecule has 0 unspecified atom stereocenters. The maximum absolute atomic E-state index is 13.1. The van der Waals surface area contributed by atoms with Crippen molar-refractivity contribution >= 4 is 17.3 Å². The molecule has 0 radical (unpaired) electrons. The van der Waals surface area contributed by atoms with E-state index in [0.717, 1.165) is 24.3 Å². The Bertz CT molecular complexity index is 672. The van der Waals surface area contributed by atoms with Gasteiger partial charge in [0.25, 0.3) is 5.91 Å². The summed E-state index contributed by atoms with van der Waals surface area (Å²) in [4.78, 5) is 21.5. The number of carbonyl (C=O) groups is 1. The van der Waals surface area contributed by atoms with E-state index in [1.165, 1.54) is 18.2 Å². The summed E-state index contributed by atoms with van der Waals surface area (Å²) in [5, 5.41) is 12.9. The second kappa shape index (κ2) is 5.43. The van der Waals surface area contributed by atoms with E-state index in [2.05, 4.69) is 5.32 Å². The molecule has 0 aromatic heterocycles. The number of amides is 1. The van der Waals surface area contributed by atoms with Crippen LogP contribution in [0.2, 0.25) is 0 Å². The van der Waals surface area contributed by atoms with Gasteiger partial charge in [0.1, 0.15) is 5.82 Å². The molecule has 0 aliphatic carbocycles. The Morgan fingerprint density at radius 3 is 2.35 bits per heavy atom. The number of hydrogen-bond acceptors (Lipinski definition) is 3. The molecule has 0 saturated heterocycles. The predicted octanol–water partition coefficient (Wildman–Crippen LogP) is 3.13. The smallest absolute Gasteiger partial charge is 0.306 e. The summed E-state index contributed by atoms with van der Waals surface area (Å²) < 4.78 is 25.8. The minimum absolute atomic E-state index is 0.0763. The lowest BCUT2D eigenvalue weighted by molar-refractivity contribution is -0.387. The summed E-state index contributed by atoms with van der Waals surface area (Å²) in [5.41, 5.74) is -0.479. The monoisotopic (exact) mass is 278 g/mol. The molecule has 0 saturated carbocycles. The van der Waals surface area contributed by atoms with Gasteiger partial charge in [0.15, 0.2) is 0 Å². The van der Waals surface area contributed by atoms with Gasteiger partial charge in [-0.3, -0.25) is 14.9 Å². The molecule has 0 bridgehead atoms. The van der Waals surface area contributed by atoms with Crippen LogP contribution in [-0.4, -0.2) is 10.8 Å². The molecule has 5 nitrogen and oxygen atoms in total. The topological polar surface area (TPSA) is 72.2 Å². The first-order valence-corrected chi connectivity index (χ1v) is 5.48. The van der Waals surface area contributed by atoms with Crippen LogP contribution >= 0.6 is 0 Å². The molecule has 2 aromatic rings. The Balaban J connectivity index is 2.21. The van der Waals surface area contributed by atoms with Gasteiger partial charge in [-0.1, -0.05) is 0 Å². The van der Waals surface area contributed by atoms with Gasteiger partial charge in [-0.25, -0.2) is 4.39 Å². The summed E-state index contributed by atoms with van der Waals surface area (Å²) in [6, 6.07) is 7.76. The lowest BCUT2D eigenvalue weighted by atomic mass is 10.2. The molecule has 102 valence electrons. The van der Waals surface area contributed by atoms with E-state index in [0.29, 0.717) is 0 Å². The van der Waals surface area contributed by atoms with Crippen molar-refractivity contribution in [2.24, 2.45) is 0 Å². The minimum atomic E-state index is -0.991. The van der Waals surface area contributed by atoms with Gasteiger partial charge in [-0.15, -0.1) is 0 Å². The van der Waals surface area contributed by atoms with Crippen molar-refractivity contribution < 1.29 is 18.5 Å². The van der Waals surface area contributed by atoms with E-state index >= 15 is 0 Å². The summed E-state index contributed by atoms with van der Waals surface area (Å²) in [7, 11) is 0. The first-order valence-electron chi connectivity index (χ1n) is 5.48. The molecule has 1 amide bonds. The van der Waals surface area contributed by atoms with Crippen LogP contribution < -0.4 is 5.32 Å². The summed E-state index contributed by atoms with van der Waals surface area (Å²) in [6.07, 6.45) is 0. The molecule has 7 heteroatoms. The van der Waals surface area contributed by atoms with Crippen molar-refractivity contribution in [2.45, 2.75) is 0 Å². The average molecular weight is 278 g/mol. The van der Waals surface area contributed by atoms with E-state index < -0.39 is 28.2 Å². The third-order valence-electron chi connectivity index (χ3n) is 2.51. The Labute approximate surface area is 112 Å². The standard InChI is InChI=1S/C13H8F2N2O3/c14-9-3-1-8(2-4-9)13(18)16-10-5-6-11(15)12(7-10)17(19)20/h1-7H,(H,16,18). The maximum Gasteiger partial charge on any atom is 0.306 e. The number of nitro groups is 1. The molecule has 2 rings (SSSR count). The van der Waals surface area contributed by atoms with Crippen LogP contribution in [0.1, 0.15) is 10.4 Å². The third kappa shape index (κ3) is 2.94. The van der Waals surface area contributed by atoms with Gasteiger partial charge < -0.3 is 5.32 Å². The highest BCUT2D eigenvalue weighted by molar-refractivity contribution is 6.04. The predicted molar refractivity (Wildman–Crippen MR) is 67.4 cm³/mol. The summed E-state index contributed by atoms with van der Waals surface area (Å²) in [6.45, 7) is 0. The van der Waals surface area contributed by atoms with E-state index in [4.69, 9.17) is 0 Å². The molecule has 1 N–H and O–H groups in total. The van der Waals surface area contributed by atoms with E-state index in [1.54, 1.807) is 0 Å². The van der Waals surface area contributed by atoms with E-state index in [9.17, 15) is 23.7 Å². The van der Waals surface area contributed by atoms with Crippen LogP contribution in [0.15, 0.2) is 42.5 Å². The number of nitrogens with zero attached hydrogens (tertiary/aromatic N) is 1. The zero-order valence-electron chi connectivity index (χ0n) is 9.97. The molecule has 20 heavy (non-hydrogen) atoms. The van der Waals surface area contributed by atoms with Gasteiger partial charge >= 0.3 is 5.69 Å². The fourth-order valence-electron chi connectivity index (χ4n) is 1.53. The van der Waals surface area contributed by atoms with Crippen LogP contribution in [0.3, 0.4) is 0 Å². The molecule has 2 aromatic carbocycles. The minimum Gasteiger partial charge on any atom is -0.322 e. The number of nitrogens with one attached hydrogen (secondary N) is 1. The fourth-order valence-corrected chi connectivity index (χ4v) is 1.53. The molecule has 0 spiro atoms. The largest absolute Gasteiger partial charge is 0.322 e. The molecule has 0 heterocycles. The first-order chi connectivity index (χ1) is 9.47. The fraction of sp³-hybridized carbons (Fsp3) is 0. The van der Waals surface area contributed by atoms with Crippen molar-refractivity contribution in [1.82, 2.24) is 0 Å². The van der Waals surface area contributed by atoms with Gasteiger partial charge in [-0.05, 0) is 36.4 Å². The van der Waals surface area contributed by atoms with Gasteiger partial charge in [0.2, 0.25) is 5.82 Å². The zero-order valence-corrected chi connectivity index (χ0v) is 9.97. The number of hydrogen-bond donors (Lipinski definition) is 1. The van der Waals surface area contributed by atoms with Gasteiger partial charge in [0.05, 0.1) is 4.92 Å². The SMILES string of the molecule is O=C(Nc1ccc(F)c([N+](=O)[O-])c1)c1ccc(F)cc1. The lowest BCUT2D eigenvalue weighted by Gasteiger charge is -2.05. The van der Waals surface area contributed by atoms with Gasteiger partial charge in [0, 0.05) is 17.3 Å². The molecule has 0 aliphatic rings. The quantitative estimate of drug-likeness (QED) is 0.692. The number of rotatable bonds is 3. The summed E-state index contributed by atoms with van der Waals surface area (Å²) >= 11 is 0. The van der Waals surface area contributed by atoms with Crippen LogP contribution in [0.4, 0.5) is 20.2 Å². The van der Waals surface area contributed by atoms with Crippen LogP contribution in [-0.2, 0) is 0 Å². The third-order valence-corrected chi connectivity index (χ3v) is 2.51. The van der Waals surface area contributed by atoms with Crippen molar-refractivity contribution in [3.8, 4) is 0 Å². The second-order valence-corrected chi connectivity index (χ2v) is 3.88. The second-order valence-electron chi connectivity index (χ2n) is 3.88.